The molecule has 4 nitrogen and oxygen atoms in total. The lowest BCUT2D eigenvalue weighted by atomic mass is 9.62. The molecule has 0 radical (unpaired) electrons. The van der Waals surface area contributed by atoms with Crippen LogP contribution in [-0.2, 0) is 0 Å². The number of nitrogens with one attached hydrogen (secondary N) is 2. The third-order valence-corrected chi connectivity index (χ3v) is 7.69. The summed E-state index contributed by atoms with van der Waals surface area (Å²) in [6.07, 6.45) is 6.82. The summed E-state index contributed by atoms with van der Waals surface area (Å²) >= 11 is 0. The molecular weight excluding hydrogens is 418 g/mol. The maximum atomic E-state index is 14.3. The quantitative estimate of drug-likeness (QED) is 0.364. The van der Waals surface area contributed by atoms with Gasteiger partial charge < -0.3 is 10.3 Å². The van der Waals surface area contributed by atoms with E-state index >= 15 is 0 Å². The van der Waals surface area contributed by atoms with Crippen LogP contribution < -0.4 is 5.32 Å². The van der Waals surface area contributed by atoms with E-state index in [0.29, 0.717) is 34.7 Å². The van der Waals surface area contributed by atoms with Crippen molar-refractivity contribution in [2.75, 3.05) is 5.32 Å². The number of rotatable bonds is 4. The average Bonchev–Trinajstić information content (AvgIpc) is 3.26. The third-order valence-electron chi connectivity index (χ3n) is 7.69. The minimum absolute atomic E-state index is 0.257. The fourth-order valence-corrected chi connectivity index (χ4v) is 5.91. The number of benzene rings is 2. The average molecular weight is 445 g/mol. The molecule has 3 aliphatic rings. The van der Waals surface area contributed by atoms with Gasteiger partial charge in [-0.1, -0.05) is 37.3 Å². The molecule has 3 fully saturated rings. The van der Waals surface area contributed by atoms with Crippen molar-refractivity contribution in [2.45, 2.75) is 38.6 Å². The van der Waals surface area contributed by atoms with Crippen molar-refractivity contribution >= 4 is 16.7 Å². The number of hydrogen-bond donors (Lipinski definition) is 2. The first-order chi connectivity index (χ1) is 16.1. The third kappa shape index (κ3) is 3.58. The van der Waals surface area contributed by atoms with Crippen molar-refractivity contribution in [3.8, 4) is 22.6 Å². The van der Waals surface area contributed by atoms with Gasteiger partial charge >= 0.3 is 0 Å². The monoisotopic (exact) mass is 444 g/mol. The summed E-state index contributed by atoms with van der Waals surface area (Å²) in [5.74, 6) is 1.97. The van der Waals surface area contributed by atoms with E-state index < -0.39 is 11.6 Å². The van der Waals surface area contributed by atoms with Crippen LogP contribution in [0.2, 0.25) is 0 Å². The van der Waals surface area contributed by atoms with E-state index in [9.17, 15) is 8.78 Å². The number of fused-ring (bicyclic) bond motifs is 4. The number of H-pyrrole nitrogens is 1. The number of halogens is 2. The number of anilines is 1. The predicted molar refractivity (Wildman–Crippen MR) is 127 cm³/mol. The highest BCUT2D eigenvalue weighted by atomic mass is 19.1. The molecule has 2 aromatic carbocycles. The SMILES string of the molecule is CC1C2CCC(CC2)C1Nc1cc(-c2ccccc2)nc(-c2c[nH]c3c(F)cc(F)cc23)n1. The largest absolute Gasteiger partial charge is 0.367 e. The standard InChI is InChI=1S/C27H26F2N4/c1-15-16-7-9-18(10-8-16)25(15)32-24-13-23(17-5-3-2-4-6-17)31-27(33-24)21-14-30-26-20(21)11-19(28)12-22(26)29/h2-6,11-16,18,25,30H,7-10H2,1H3,(H,31,32,33). The maximum Gasteiger partial charge on any atom is 0.164 e. The van der Waals surface area contributed by atoms with Gasteiger partial charge in [0.15, 0.2) is 5.82 Å². The summed E-state index contributed by atoms with van der Waals surface area (Å²) in [6.45, 7) is 2.35. The van der Waals surface area contributed by atoms with Crippen molar-refractivity contribution in [3.05, 3.63) is 66.4 Å². The molecule has 7 rings (SSSR count). The number of nitrogens with zero attached hydrogens (tertiary/aromatic N) is 2. The van der Waals surface area contributed by atoms with Crippen molar-refractivity contribution in [3.63, 3.8) is 0 Å². The van der Waals surface area contributed by atoms with E-state index in [2.05, 4.69) is 17.2 Å². The first-order valence-corrected chi connectivity index (χ1v) is 11.7. The van der Waals surface area contributed by atoms with E-state index in [1.54, 1.807) is 6.20 Å². The van der Waals surface area contributed by atoms with Crippen molar-refractivity contribution in [1.82, 2.24) is 15.0 Å². The smallest absolute Gasteiger partial charge is 0.164 e. The van der Waals surface area contributed by atoms with Gasteiger partial charge in [0.2, 0.25) is 0 Å². The fourth-order valence-electron chi connectivity index (χ4n) is 5.91. The fraction of sp³-hybridized carbons (Fsp3) is 0.333. The number of hydrogen-bond acceptors (Lipinski definition) is 3. The van der Waals surface area contributed by atoms with Gasteiger partial charge in [0, 0.05) is 40.9 Å². The highest BCUT2D eigenvalue weighted by Gasteiger charge is 2.41. The van der Waals surface area contributed by atoms with Gasteiger partial charge in [-0.3, -0.25) is 0 Å². The minimum Gasteiger partial charge on any atom is -0.367 e. The molecule has 2 atom stereocenters. The molecule has 3 aliphatic carbocycles. The summed E-state index contributed by atoms with van der Waals surface area (Å²) in [5, 5.41) is 4.17. The van der Waals surface area contributed by atoms with Gasteiger partial charge in [-0.15, -0.1) is 0 Å². The molecule has 6 heteroatoms. The van der Waals surface area contributed by atoms with Crippen molar-refractivity contribution in [2.24, 2.45) is 17.8 Å². The molecule has 2 bridgehead atoms. The van der Waals surface area contributed by atoms with Crippen LogP contribution in [0.4, 0.5) is 14.6 Å². The lowest BCUT2D eigenvalue weighted by Crippen LogP contribution is -2.47. The van der Waals surface area contributed by atoms with Gasteiger partial charge in [0.05, 0.1) is 11.2 Å². The second-order valence-corrected chi connectivity index (χ2v) is 9.54. The zero-order chi connectivity index (χ0) is 22.5. The zero-order valence-corrected chi connectivity index (χ0v) is 18.5. The summed E-state index contributed by atoms with van der Waals surface area (Å²) in [6, 6.07) is 14.5. The Balaban J connectivity index is 1.46. The van der Waals surface area contributed by atoms with Crippen LogP contribution in [0.15, 0.2) is 54.7 Å². The van der Waals surface area contributed by atoms with Gasteiger partial charge in [0.25, 0.3) is 0 Å². The Hall–Kier alpha value is -3.28. The molecule has 2 aromatic heterocycles. The predicted octanol–water partition coefficient (Wildman–Crippen LogP) is 6.81. The molecule has 33 heavy (non-hydrogen) atoms. The van der Waals surface area contributed by atoms with Gasteiger partial charge in [-0.05, 0) is 49.5 Å². The van der Waals surface area contributed by atoms with E-state index in [0.717, 1.165) is 29.1 Å². The molecular formula is C27H26F2N4. The Morgan fingerprint density at radius 1 is 0.939 bits per heavy atom. The van der Waals surface area contributed by atoms with Crippen molar-refractivity contribution in [1.29, 1.82) is 0 Å². The van der Waals surface area contributed by atoms with Crippen LogP contribution in [0.5, 0.6) is 0 Å². The molecule has 168 valence electrons. The highest BCUT2D eigenvalue weighted by Crippen LogP contribution is 2.46. The lowest BCUT2D eigenvalue weighted by molar-refractivity contribution is 0.0928. The molecule has 0 aliphatic heterocycles. The number of aromatic amines is 1. The Kier molecular flexibility index (Phi) is 4.89. The van der Waals surface area contributed by atoms with Crippen LogP contribution in [-0.4, -0.2) is 21.0 Å². The van der Waals surface area contributed by atoms with Crippen LogP contribution in [0, 0.1) is 29.4 Å². The first-order valence-electron chi connectivity index (χ1n) is 11.7. The first kappa shape index (κ1) is 20.3. The topological polar surface area (TPSA) is 53.6 Å². The van der Waals surface area contributed by atoms with E-state index in [1.165, 1.54) is 31.7 Å². The maximum absolute atomic E-state index is 14.3. The molecule has 2 N–H and O–H groups in total. The van der Waals surface area contributed by atoms with Gasteiger partial charge in [0.1, 0.15) is 17.5 Å². The van der Waals surface area contributed by atoms with Gasteiger partial charge in [-0.25, -0.2) is 18.7 Å². The van der Waals surface area contributed by atoms with Crippen LogP contribution >= 0.6 is 0 Å². The van der Waals surface area contributed by atoms with E-state index in [4.69, 9.17) is 9.97 Å². The van der Waals surface area contributed by atoms with Crippen LogP contribution in [0.3, 0.4) is 0 Å². The zero-order valence-electron chi connectivity index (χ0n) is 18.5. The lowest BCUT2D eigenvalue weighted by Gasteiger charge is -2.47. The normalized spacial score (nSPS) is 24.3. The molecule has 2 unspecified atom stereocenters. The second kappa shape index (κ2) is 7.94. The molecule has 0 amide bonds. The highest BCUT2D eigenvalue weighted by molar-refractivity contribution is 5.94. The minimum atomic E-state index is -0.624. The summed E-state index contributed by atoms with van der Waals surface area (Å²) in [4.78, 5) is 12.6. The molecule has 0 spiro atoms. The summed E-state index contributed by atoms with van der Waals surface area (Å²) < 4.78 is 28.3. The summed E-state index contributed by atoms with van der Waals surface area (Å²) in [7, 11) is 0. The van der Waals surface area contributed by atoms with Crippen LogP contribution in [0.1, 0.15) is 32.6 Å². The number of aromatic nitrogens is 3. The second-order valence-electron chi connectivity index (χ2n) is 9.54. The Labute approximate surface area is 191 Å². The Bertz CT molecular complexity index is 1310. The molecule has 3 saturated carbocycles. The van der Waals surface area contributed by atoms with Crippen molar-refractivity contribution < 1.29 is 8.78 Å². The molecule has 0 saturated heterocycles. The molecule has 4 aromatic rings. The van der Waals surface area contributed by atoms with E-state index in [-0.39, 0.29) is 5.52 Å². The Morgan fingerprint density at radius 2 is 1.70 bits per heavy atom. The van der Waals surface area contributed by atoms with E-state index in [1.807, 2.05) is 36.4 Å². The van der Waals surface area contributed by atoms with Gasteiger partial charge in [-0.2, -0.15) is 0 Å². The van der Waals surface area contributed by atoms with Crippen LogP contribution in [0.25, 0.3) is 33.5 Å². The summed E-state index contributed by atoms with van der Waals surface area (Å²) in [5.41, 5.74) is 2.60. The molecule has 2 heterocycles. The Morgan fingerprint density at radius 3 is 2.45 bits per heavy atom.